The van der Waals surface area contributed by atoms with Gasteiger partial charge in [0, 0.05) is 26.1 Å². The van der Waals surface area contributed by atoms with Crippen LogP contribution >= 0.6 is 0 Å². The highest BCUT2D eigenvalue weighted by Gasteiger charge is 2.37. The summed E-state index contributed by atoms with van der Waals surface area (Å²) in [6.45, 7) is 5.44. The number of nitrogens with zero attached hydrogens (tertiary/aromatic N) is 2. The van der Waals surface area contributed by atoms with E-state index in [1.165, 1.54) is 0 Å². The van der Waals surface area contributed by atoms with Crippen molar-refractivity contribution in [3.63, 3.8) is 0 Å². The molecule has 0 spiro atoms. The number of hydrogen-bond donors (Lipinski definition) is 1. The fraction of sp³-hybridized carbons (Fsp3) is 0.391. The normalized spacial score (nSPS) is 20.6. The van der Waals surface area contributed by atoms with Crippen LogP contribution in [0, 0.1) is 5.92 Å². The maximum Gasteiger partial charge on any atom is 0.229 e. The van der Waals surface area contributed by atoms with Gasteiger partial charge in [-0.15, -0.1) is 0 Å². The SMILES string of the molecule is C[C@@H](c1ccccc1)N1C[C@H](C(=O)Nc2ccccc2N2CCOCC2)CC1=O. The maximum atomic E-state index is 13.0. The summed E-state index contributed by atoms with van der Waals surface area (Å²) in [4.78, 5) is 29.6. The van der Waals surface area contributed by atoms with Crippen LogP contribution < -0.4 is 10.2 Å². The molecule has 2 aromatic rings. The number of carbonyl (C=O) groups excluding carboxylic acids is 2. The molecule has 4 rings (SSSR count). The van der Waals surface area contributed by atoms with Gasteiger partial charge in [0.05, 0.1) is 36.5 Å². The van der Waals surface area contributed by atoms with Crippen molar-refractivity contribution in [2.45, 2.75) is 19.4 Å². The van der Waals surface area contributed by atoms with Gasteiger partial charge in [0.25, 0.3) is 0 Å². The third-order valence-electron chi connectivity index (χ3n) is 5.79. The number of amides is 2. The fourth-order valence-corrected chi connectivity index (χ4v) is 4.09. The Labute approximate surface area is 171 Å². The summed E-state index contributed by atoms with van der Waals surface area (Å²) in [7, 11) is 0. The molecule has 2 fully saturated rings. The number of hydrogen-bond acceptors (Lipinski definition) is 4. The van der Waals surface area contributed by atoms with Gasteiger partial charge in [-0.3, -0.25) is 9.59 Å². The summed E-state index contributed by atoms with van der Waals surface area (Å²) >= 11 is 0. The molecule has 6 heteroatoms. The number of likely N-dealkylation sites (tertiary alicyclic amines) is 1. The third kappa shape index (κ3) is 4.27. The number of para-hydroxylation sites is 2. The van der Waals surface area contributed by atoms with Crippen LogP contribution in [0.3, 0.4) is 0 Å². The smallest absolute Gasteiger partial charge is 0.229 e. The van der Waals surface area contributed by atoms with E-state index >= 15 is 0 Å². The lowest BCUT2D eigenvalue weighted by Gasteiger charge is -2.30. The Bertz CT molecular complexity index is 865. The largest absolute Gasteiger partial charge is 0.378 e. The average molecular weight is 393 g/mol. The molecule has 1 N–H and O–H groups in total. The highest BCUT2D eigenvalue weighted by atomic mass is 16.5. The van der Waals surface area contributed by atoms with E-state index in [0.717, 1.165) is 30.0 Å². The molecule has 0 unspecified atom stereocenters. The first-order chi connectivity index (χ1) is 14.1. The van der Waals surface area contributed by atoms with Gasteiger partial charge in [0.2, 0.25) is 11.8 Å². The number of ether oxygens (including phenoxy) is 1. The maximum absolute atomic E-state index is 13.0. The molecule has 29 heavy (non-hydrogen) atoms. The molecule has 6 nitrogen and oxygen atoms in total. The van der Waals surface area contributed by atoms with Crippen molar-refractivity contribution < 1.29 is 14.3 Å². The van der Waals surface area contributed by atoms with Crippen LogP contribution in [0.2, 0.25) is 0 Å². The molecule has 2 saturated heterocycles. The van der Waals surface area contributed by atoms with Crippen molar-refractivity contribution in [2.24, 2.45) is 5.92 Å². The van der Waals surface area contributed by atoms with Crippen molar-refractivity contribution >= 4 is 23.2 Å². The summed E-state index contributed by atoms with van der Waals surface area (Å²) in [6, 6.07) is 17.7. The van der Waals surface area contributed by atoms with Crippen molar-refractivity contribution in [3.05, 3.63) is 60.2 Å². The van der Waals surface area contributed by atoms with Crippen LogP contribution in [0.15, 0.2) is 54.6 Å². The van der Waals surface area contributed by atoms with E-state index in [9.17, 15) is 9.59 Å². The highest BCUT2D eigenvalue weighted by Crippen LogP contribution is 2.31. The number of rotatable bonds is 5. The summed E-state index contributed by atoms with van der Waals surface area (Å²) in [5.74, 6) is -0.406. The standard InChI is InChI=1S/C23H27N3O3/c1-17(18-7-3-2-4-8-18)26-16-19(15-22(26)27)23(28)24-20-9-5-6-10-21(20)25-11-13-29-14-12-25/h2-10,17,19H,11-16H2,1H3,(H,24,28)/t17-,19+/m0/s1. The molecule has 0 aliphatic carbocycles. The second-order valence-corrected chi connectivity index (χ2v) is 7.64. The number of nitrogens with one attached hydrogen (secondary N) is 1. The molecule has 2 aliphatic heterocycles. The minimum absolute atomic E-state index is 0.0305. The highest BCUT2D eigenvalue weighted by molar-refractivity contribution is 5.99. The van der Waals surface area contributed by atoms with Crippen molar-refractivity contribution in [1.82, 2.24) is 4.90 Å². The first kappa shape index (κ1) is 19.5. The van der Waals surface area contributed by atoms with E-state index in [0.29, 0.717) is 19.8 Å². The molecule has 0 aromatic heterocycles. The second kappa shape index (κ2) is 8.66. The van der Waals surface area contributed by atoms with E-state index in [1.54, 1.807) is 0 Å². The zero-order chi connectivity index (χ0) is 20.2. The van der Waals surface area contributed by atoms with E-state index in [2.05, 4.69) is 10.2 Å². The van der Waals surface area contributed by atoms with Gasteiger partial charge in [-0.25, -0.2) is 0 Å². The number of carbonyl (C=O) groups is 2. The molecule has 152 valence electrons. The summed E-state index contributed by atoms with van der Waals surface area (Å²) in [5, 5.41) is 3.07. The van der Waals surface area contributed by atoms with Crippen LogP contribution in [0.1, 0.15) is 24.9 Å². The lowest BCUT2D eigenvalue weighted by Crippen LogP contribution is -2.37. The van der Waals surface area contributed by atoms with E-state index < -0.39 is 0 Å². The van der Waals surface area contributed by atoms with Gasteiger partial charge >= 0.3 is 0 Å². The van der Waals surface area contributed by atoms with E-state index in [-0.39, 0.29) is 30.2 Å². The molecular formula is C23H27N3O3. The topological polar surface area (TPSA) is 61.9 Å². The fourth-order valence-electron chi connectivity index (χ4n) is 4.09. The van der Waals surface area contributed by atoms with Gasteiger partial charge in [0.15, 0.2) is 0 Å². The first-order valence-electron chi connectivity index (χ1n) is 10.2. The Morgan fingerprint density at radius 3 is 2.52 bits per heavy atom. The molecule has 0 saturated carbocycles. The Morgan fingerprint density at radius 2 is 1.76 bits per heavy atom. The summed E-state index contributed by atoms with van der Waals surface area (Å²) in [5.41, 5.74) is 2.88. The molecule has 2 aromatic carbocycles. The zero-order valence-corrected chi connectivity index (χ0v) is 16.7. The Kier molecular flexibility index (Phi) is 5.81. The molecule has 0 bridgehead atoms. The molecule has 2 amide bonds. The van der Waals surface area contributed by atoms with Gasteiger partial charge in [-0.2, -0.15) is 0 Å². The van der Waals surface area contributed by atoms with Crippen LogP contribution in [0.25, 0.3) is 0 Å². The zero-order valence-electron chi connectivity index (χ0n) is 16.7. The predicted octanol–water partition coefficient (Wildman–Crippen LogP) is 3.07. The lowest BCUT2D eigenvalue weighted by atomic mass is 10.1. The van der Waals surface area contributed by atoms with Crippen LogP contribution in [-0.4, -0.2) is 49.6 Å². The summed E-state index contributed by atoms with van der Waals surface area (Å²) < 4.78 is 5.43. The van der Waals surface area contributed by atoms with Gasteiger partial charge in [-0.05, 0) is 24.6 Å². The summed E-state index contributed by atoms with van der Waals surface area (Å²) in [6.07, 6.45) is 0.253. The quantitative estimate of drug-likeness (QED) is 0.848. The Balaban J connectivity index is 1.44. The molecular weight excluding hydrogens is 366 g/mol. The number of anilines is 2. The Hall–Kier alpha value is -2.86. The van der Waals surface area contributed by atoms with E-state index in [4.69, 9.17) is 4.74 Å². The lowest BCUT2D eigenvalue weighted by molar-refractivity contribution is -0.129. The van der Waals surface area contributed by atoms with Crippen molar-refractivity contribution in [3.8, 4) is 0 Å². The Morgan fingerprint density at radius 1 is 1.07 bits per heavy atom. The minimum Gasteiger partial charge on any atom is -0.378 e. The molecule has 0 radical (unpaired) electrons. The average Bonchev–Trinajstić information content (AvgIpc) is 3.16. The van der Waals surface area contributed by atoms with Crippen LogP contribution in [0.4, 0.5) is 11.4 Å². The second-order valence-electron chi connectivity index (χ2n) is 7.64. The number of benzene rings is 2. The minimum atomic E-state index is -0.341. The van der Waals surface area contributed by atoms with Gasteiger partial charge in [-0.1, -0.05) is 42.5 Å². The molecule has 2 atom stereocenters. The van der Waals surface area contributed by atoms with Crippen LogP contribution in [-0.2, 0) is 14.3 Å². The molecule has 2 heterocycles. The first-order valence-corrected chi connectivity index (χ1v) is 10.2. The van der Waals surface area contributed by atoms with Crippen LogP contribution in [0.5, 0.6) is 0 Å². The van der Waals surface area contributed by atoms with E-state index in [1.807, 2.05) is 66.4 Å². The van der Waals surface area contributed by atoms with Gasteiger partial charge < -0.3 is 19.9 Å². The van der Waals surface area contributed by atoms with Gasteiger partial charge in [0.1, 0.15) is 0 Å². The molecule has 2 aliphatic rings. The monoisotopic (exact) mass is 393 g/mol. The van der Waals surface area contributed by atoms with Crippen molar-refractivity contribution in [2.75, 3.05) is 43.1 Å². The predicted molar refractivity (Wildman–Crippen MR) is 113 cm³/mol. The number of morpholine rings is 1. The third-order valence-corrected chi connectivity index (χ3v) is 5.79. The van der Waals surface area contributed by atoms with Crippen molar-refractivity contribution in [1.29, 1.82) is 0 Å².